The van der Waals surface area contributed by atoms with Crippen molar-refractivity contribution in [3.8, 4) is 11.5 Å². The third-order valence-electron chi connectivity index (χ3n) is 3.94. The van der Waals surface area contributed by atoms with Crippen molar-refractivity contribution in [2.45, 2.75) is 19.4 Å². The number of nitrogens with zero attached hydrogens (tertiary/aromatic N) is 1. The Morgan fingerprint density at radius 1 is 1.16 bits per heavy atom. The van der Waals surface area contributed by atoms with Gasteiger partial charge in [0.15, 0.2) is 0 Å². The molecule has 0 aromatic heterocycles. The van der Waals surface area contributed by atoms with E-state index < -0.39 is 6.10 Å². The van der Waals surface area contributed by atoms with Crippen LogP contribution in [-0.4, -0.2) is 43.2 Å². The average Bonchev–Trinajstić information content (AvgIpc) is 2.63. The van der Waals surface area contributed by atoms with E-state index in [-0.39, 0.29) is 18.9 Å². The SMILES string of the molecule is CCOc1ccc(CC(=O)N(C)CC(O)c2cccc(OC)c2)cc1. The number of methoxy groups -OCH3 is 1. The Bertz CT molecular complexity index is 684. The fourth-order valence-corrected chi connectivity index (χ4v) is 2.50. The van der Waals surface area contributed by atoms with Crippen LogP contribution < -0.4 is 9.47 Å². The van der Waals surface area contributed by atoms with Crippen LogP contribution in [0, 0.1) is 0 Å². The van der Waals surface area contributed by atoms with E-state index in [1.807, 2.05) is 49.4 Å². The molecule has 1 N–H and O–H groups in total. The molecular formula is C20H25NO4. The summed E-state index contributed by atoms with van der Waals surface area (Å²) in [5, 5.41) is 10.4. The zero-order chi connectivity index (χ0) is 18.2. The molecule has 0 bridgehead atoms. The van der Waals surface area contributed by atoms with Gasteiger partial charge in [0.2, 0.25) is 5.91 Å². The van der Waals surface area contributed by atoms with Crippen LogP contribution in [0.25, 0.3) is 0 Å². The van der Waals surface area contributed by atoms with Crippen LogP contribution in [0.15, 0.2) is 48.5 Å². The second-order valence-corrected chi connectivity index (χ2v) is 5.82. The molecule has 2 rings (SSSR count). The molecule has 0 aliphatic carbocycles. The molecule has 0 fully saturated rings. The normalized spacial score (nSPS) is 11.7. The first kappa shape index (κ1) is 18.8. The molecule has 0 aliphatic rings. The summed E-state index contributed by atoms with van der Waals surface area (Å²) < 4.78 is 10.6. The van der Waals surface area contributed by atoms with Gasteiger partial charge in [-0.1, -0.05) is 24.3 Å². The maximum Gasteiger partial charge on any atom is 0.226 e. The predicted molar refractivity (Wildman–Crippen MR) is 96.9 cm³/mol. The van der Waals surface area contributed by atoms with Gasteiger partial charge in [0.1, 0.15) is 11.5 Å². The van der Waals surface area contributed by atoms with Crippen LogP contribution in [0.5, 0.6) is 11.5 Å². The van der Waals surface area contributed by atoms with E-state index >= 15 is 0 Å². The number of ether oxygens (including phenoxy) is 2. The maximum absolute atomic E-state index is 12.4. The highest BCUT2D eigenvalue weighted by atomic mass is 16.5. The Kier molecular flexibility index (Phi) is 6.83. The number of amides is 1. The van der Waals surface area contributed by atoms with E-state index in [1.165, 1.54) is 0 Å². The Balaban J connectivity index is 1.92. The quantitative estimate of drug-likeness (QED) is 0.801. The summed E-state index contributed by atoms with van der Waals surface area (Å²) in [5.74, 6) is 1.42. The lowest BCUT2D eigenvalue weighted by Gasteiger charge is -2.21. The molecule has 0 saturated carbocycles. The fourth-order valence-electron chi connectivity index (χ4n) is 2.50. The van der Waals surface area contributed by atoms with Crippen LogP contribution in [-0.2, 0) is 11.2 Å². The maximum atomic E-state index is 12.4. The summed E-state index contributed by atoms with van der Waals surface area (Å²) in [5.41, 5.74) is 1.64. The van der Waals surface area contributed by atoms with E-state index in [0.29, 0.717) is 12.4 Å². The minimum Gasteiger partial charge on any atom is -0.497 e. The van der Waals surface area contributed by atoms with Gasteiger partial charge < -0.3 is 19.5 Å². The first-order valence-electron chi connectivity index (χ1n) is 8.31. The number of hydrogen-bond donors (Lipinski definition) is 1. The lowest BCUT2D eigenvalue weighted by Crippen LogP contribution is -2.32. The highest BCUT2D eigenvalue weighted by Gasteiger charge is 2.16. The van der Waals surface area contributed by atoms with E-state index in [0.717, 1.165) is 16.9 Å². The molecule has 2 aromatic carbocycles. The van der Waals surface area contributed by atoms with Crippen LogP contribution >= 0.6 is 0 Å². The summed E-state index contributed by atoms with van der Waals surface area (Å²) in [6, 6.07) is 14.7. The van der Waals surface area contributed by atoms with Gasteiger partial charge in [-0.3, -0.25) is 4.79 Å². The summed E-state index contributed by atoms with van der Waals surface area (Å²) in [6.07, 6.45) is -0.474. The largest absolute Gasteiger partial charge is 0.497 e. The number of hydrogen-bond acceptors (Lipinski definition) is 4. The molecule has 25 heavy (non-hydrogen) atoms. The molecule has 2 aromatic rings. The Hall–Kier alpha value is -2.53. The number of carbonyl (C=O) groups excluding carboxylic acids is 1. The first-order valence-corrected chi connectivity index (χ1v) is 8.31. The van der Waals surface area contributed by atoms with Crippen molar-refractivity contribution in [2.24, 2.45) is 0 Å². The lowest BCUT2D eigenvalue weighted by atomic mass is 10.1. The Labute approximate surface area is 148 Å². The van der Waals surface area contributed by atoms with Gasteiger partial charge in [-0.15, -0.1) is 0 Å². The van der Waals surface area contributed by atoms with Crippen molar-refractivity contribution in [3.05, 3.63) is 59.7 Å². The fraction of sp³-hybridized carbons (Fsp3) is 0.350. The van der Waals surface area contributed by atoms with Crippen molar-refractivity contribution in [1.29, 1.82) is 0 Å². The van der Waals surface area contributed by atoms with Crippen LogP contribution in [0.2, 0.25) is 0 Å². The first-order chi connectivity index (χ1) is 12.0. The molecule has 0 aliphatic heterocycles. The highest BCUT2D eigenvalue weighted by Crippen LogP contribution is 2.20. The Morgan fingerprint density at radius 3 is 2.52 bits per heavy atom. The standard InChI is InChI=1S/C20H25NO4/c1-4-25-17-10-8-15(9-11-17)12-20(23)21(2)14-19(22)16-6-5-7-18(13-16)24-3/h5-11,13,19,22H,4,12,14H2,1-3H3. The molecule has 5 nitrogen and oxygen atoms in total. The number of carbonyl (C=O) groups is 1. The van der Waals surface area contributed by atoms with E-state index in [2.05, 4.69) is 0 Å². The minimum atomic E-state index is -0.760. The second kappa shape index (κ2) is 9.08. The van der Waals surface area contributed by atoms with Crippen LogP contribution in [0.3, 0.4) is 0 Å². The number of rotatable bonds is 8. The number of likely N-dealkylation sites (N-methyl/N-ethyl adjacent to an activating group) is 1. The monoisotopic (exact) mass is 343 g/mol. The van der Waals surface area contributed by atoms with E-state index in [4.69, 9.17) is 9.47 Å². The molecule has 5 heteroatoms. The summed E-state index contributed by atoms with van der Waals surface area (Å²) in [7, 11) is 3.28. The predicted octanol–water partition coefficient (Wildman–Crippen LogP) is 2.83. The summed E-state index contributed by atoms with van der Waals surface area (Å²) in [6.45, 7) is 2.77. The molecule has 1 unspecified atom stereocenters. The molecule has 0 radical (unpaired) electrons. The number of benzene rings is 2. The third-order valence-corrected chi connectivity index (χ3v) is 3.94. The van der Waals surface area contributed by atoms with Crippen molar-refractivity contribution < 1.29 is 19.4 Å². The van der Waals surface area contributed by atoms with Crippen molar-refractivity contribution in [2.75, 3.05) is 27.3 Å². The second-order valence-electron chi connectivity index (χ2n) is 5.82. The molecule has 1 atom stereocenters. The van der Waals surface area contributed by atoms with Crippen molar-refractivity contribution in [1.82, 2.24) is 4.90 Å². The lowest BCUT2D eigenvalue weighted by molar-refractivity contribution is -0.130. The van der Waals surface area contributed by atoms with E-state index in [1.54, 1.807) is 25.1 Å². The molecule has 0 heterocycles. The number of aliphatic hydroxyl groups is 1. The topological polar surface area (TPSA) is 59.0 Å². The molecular weight excluding hydrogens is 318 g/mol. The zero-order valence-electron chi connectivity index (χ0n) is 14.9. The van der Waals surface area contributed by atoms with Gasteiger partial charge in [-0.05, 0) is 42.3 Å². The third kappa shape index (κ3) is 5.50. The highest BCUT2D eigenvalue weighted by molar-refractivity contribution is 5.78. The van der Waals surface area contributed by atoms with Gasteiger partial charge in [-0.25, -0.2) is 0 Å². The van der Waals surface area contributed by atoms with Crippen molar-refractivity contribution in [3.63, 3.8) is 0 Å². The van der Waals surface area contributed by atoms with Gasteiger partial charge in [0, 0.05) is 7.05 Å². The molecule has 1 amide bonds. The number of aliphatic hydroxyl groups excluding tert-OH is 1. The van der Waals surface area contributed by atoms with Crippen LogP contribution in [0.1, 0.15) is 24.2 Å². The van der Waals surface area contributed by atoms with E-state index in [9.17, 15) is 9.90 Å². The molecule has 0 saturated heterocycles. The van der Waals surface area contributed by atoms with Gasteiger partial charge >= 0.3 is 0 Å². The van der Waals surface area contributed by atoms with Gasteiger partial charge in [0.25, 0.3) is 0 Å². The Morgan fingerprint density at radius 2 is 1.88 bits per heavy atom. The average molecular weight is 343 g/mol. The van der Waals surface area contributed by atoms with Gasteiger partial charge in [-0.2, -0.15) is 0 Å². The van der Waals surface area contributed by atoms with Crippen LogP contribution in [0.4, 0.5) is 0 Å². The minimum absolute atomic E-state index is 0.0499. The summed E-state index contributed by atoms with van der Waals surface area (Å²) in [4.78, 5) is 13.9. The molecule has 0 spiro atoms. The zero-order valence-corrected chi connectivity index (χ0v) is 14.9. The smallest absolute Gasteiger partial charge is 0.226 e. The van der Waals surface area contributed by atoms with Gasteiger partial charge in [0.05, 0.1) is 32.8 Å². The van der Waals surface area contributed by atoms with Crippen molar-refractivity contribution >= 4 is 5.91 Å². The summed E-state index contributed by atoms with van der Waals surface area (Å²) >= 11 is 0. The molecule has 134 valence electrons.